The van der Waals surface area contributed by atoms with Gasteiger partial charge in [-0.1, -0.05) is 0 Å². The summed E-state index contributed by atoms with van der Waals surface area (Å²) in [5.74, 6) is -0.836. The van der Waals surface area contributed by atoms with E-state index in [0.29, 0.717) is 13.2 Å². The third-order valence-electron chi connectivity index (χ3n) is 2.92. The van der Waals surface area contributed by atoms with Gasteiger partial charge in [-0.05, 0) is 13.0 Å². The smallest absolute Gasteiger partial charge is 0.255 e. The summed E-state index contributed by atoms with van der Waals surface area (Å²) < 4.78 is 18.4. The first kappa shape index (κ1) is 12.9. The van der Waals surface area contributed by atoms with Gasteiger partial charge in [-0.2, -0.15) is 0 Å². The first-order valence-electron chi connectivity index (χ1n) is 5.75. The lowest BCUT2D eigenvalue weighted by molar-refractivity contribution is -0.0667. The summed E-state index contributed by atoms with van der Waals surface area (Å²) in [5.41, 5.74) is 0.209. The Morgan fingerprint density at radius 3 is 3.11 bits per heavy atom. The average Bonchev–Trinajstić information content (AvgIpc) is 2.38. The van der Waals surface area contributed by atoms with Crippen LogP contribution < -0.4 is 0 Å². The fraction of sp³-hybridized carbons (Fsp3) is 0.500. The lowest BCUT2D eigenvalue weighted by Crippen LogP contribution is -2.52. The lowest BCUT2D eigenvalue weighted by Gasteiger charge is -2.37. The zero-order chi connectivity index (χ0) is 13.1. The van der Waals surface area contributed by atoms with E-state index in [-0.39, 0.29) is 30.2 Å². The number of hydrogen-bond acceptors (Lipinski definition) is 4. The number of pyridine rings is 1. The maximum Gasteiger partial charge on any atom is 0.255 e. The number of morpholine rings is 1. The zero-order valence-corrected chi connectivity index (χ0v) is 10.0. The standard InChI is InChI=1S/C12H15FN2O3/c1-8-7-18-11(6-16)5-15(8)12(17)9-2-10(13)4-14-3-9/h2-4,8,11,16H,5-7H2,1H3. The molecule has 1 amide bonds. The SMILES string of the molecule is CC1COC(CO)CN1C(=O)c1cncc(F)c1. The Kier molecular flexibility index (Phi) is 3.88. The first-order valence-corrected chi connectivity index (χ1v) is 5.75. The predicted molar refractivity (Wildman–Crippen MR) is 61.5 cm³/mol. The number of aliphatic hydroxyl groups excluding tert-OH is 1. The van der Waals surface area contributed by atoms with Gasteiger partial charge in [0.15, 0.2) is 0 Å². The molecule has 2 heterocycles. The Balaban J connectivity index is 2.16. The van der Waals surface area contributed by atoms with Gasteiger partial charge in [-0.15, -0.1) is 0 Å². The fourth-order valence-electron chi connectivity index (χ4n) is 1.91. The summed E-state index contributed by atoms with van der Waals surface area (Å²) in [6.07, 6.45) is 2.00. The van der Waals surface area contributed by atoms with E-state index in [2.05, 4.69) is 4.98 Å². The molecule has 0 spiro atoms. The summed E-state index contributed by atoms with van der Waals surface area (Å²) >= 11 is 0. The van der Waals surface area contributed by atoms with Crippen molar-refractivity contribution in [1.29, 1.82) is 0 Å². The molecule has 0 saturated carbocycles. The quantitative estimate of drug-likeness (QED) is 0.832. The molecule has 2 rings (SSSR count). The highest BCUT2D eigenvalue weighted by Gasteiger charge is 2.30. The second-order valence-corrected chi connectivity index (χ2v) is 4.34. The van der Waals surface area contributed by atoms with Crippen LogP contribution in [0.4, 0.5) is 4.39 Å². The van der Waals surface area contributed by atoms with Gasteiger partial charge in [-0.3, -0.25) is 9.78 Å². The number of carbonyl (C=O) groups excluding carboxylic acids is 1. The molecule has 6 heteroatoms. The molecule has 5 nitrogen and oxygen atoms in total. The van der Waals surface area contributed by atoms with Crippen molar-refractivity contribution in [2.24, 2.45) is 0 Å². The van der Waals surface area contributed by atoms with Crippen LogP contribution in [0.5, 0.6) is 0 Å². The summed E-state index contributed by atoms with van der Waals surface area (Å²) in [7, 11) is 0. The second-order valence-electron chi connectivity index (χ2n) is 4.34. The molecule has 0 radical (unpaired) electrons. The molecule has 98 valence electrons. The molecular weight excluding hydrogens is 239 g/mol. The molecule has 0 aromatic carbocycles. The van der Waals surface area contributed by atoms with Crippen LogP contribution in [0.15, 0.2) is 18.5 Å². The summed E-state index contributed by atoms with van der Waals surface area (Å²) in [6.45, 7) is 2.36. The molecule has 1 fully saturated rings. The van der Waals surface area contributed by atoms with Gasteiger partial charge in [0.2, 0.25) is 0 Å². The van der Waals surface area contributed by atoms with E-state index in [4.69, 9.17) is 9.84 Å². The molecule has 1 aromatic heterocycles. The summed E-state index contributed by atoms with van der Waals surface area (Å²) in [5, 5.41) is 9.06. The van der Waals surface area contributed by atoms with Gasteiger partial charge >= 0.3 is 0 Å². The van der Waals surface area contributed by atoms with E-state index in [1.165, 1.54) is 6.20 Å². The van der Waals surface area contributed by atoms with Crippen LogP contribution in [-0.4, -0.2) is 52.8 Å². The molecule has 2 atom stereocenters. The first-order chi connectivity index (χ1) is 8.61. The Bertz CT molecular complexity index is 441. The third kappa shape index (κ3) is 2.65. The molecule has 1 aliphatic rings. The zero-order valence-electron chi connectivity index (χ0n) is 10.0. The van der Waals surface area contributed by atoms with Gasteiger partial charge in [0.1, 0.15) is 5.82 Å². The number of hydrogen-bond donors (Lipinski definition) is 1. The molecule has 0 bridgehead atoms. The van der Waals surface area contributed by atoms with Crippen LogP contribution in [0.25, 0.3) is 0 Å². The van der Waals surface area contributed by atoms with Gasteiger partial charge in [-0.25, -0.2) is 4.39 Å². The minimum atomic E-state index is -0.541. The van der Waals surface area contributed by atoms with Crippen molar-refractivity contribution in [3.05, 3.63) is 29.8 Å². The maximum absolute atomic E-state index is 13.0. The number of nitrogens with zero attached hydrogens (tertiary/aromatic N) is 2. The highest BCUT2D eigenvalue weighted by Crippen LogP contribution is 2.15. The van der Waals surface area contributed by atoms with E-state index in [1.807, 2.05) is 6.92 Å². The van der Waals surface area contributed by atoms with Crippen molar-refractivity contribution < 1.29 is 19.0 Å². The minimum Gasteiger partial charge on any atom is -0.394 e. The summed E-state index contributed by atoms with van der Waals surface area (Å²) in [4.78, 5) is 17.4. The highest BCUT2D eigenvalue weighted by atomic mass is 19.1. The number of rotatable bonds is 2. The topological polar surface area (TPSA) is 62.7 Å². The number of carbonyl (C=O) groups is 1. The van der Waals surface area contributed by atoms with Crippen molar-refractivity contribution in [3.63, 3.8) is 0 Å². The molecule has 18 heavy (non-hydrogen) atoms. The molecule has 1 saturated heterocycles. The maximum atomic E-state index is 13.0. The van der Waals surface area contributed by atoms with Gasteiger partial charge < -0.3 is 14.7 Å². The van der Waals surface area contributed by atoms with Gasteiger partial charge in [0, 0.05) is 12.7 Å². The number of amides is 1. The van der Waals surface area contributed by atoms with Crippen molar-refractivity contribution in [3.8, 4) is 0 Å². The van der Waals surface area contributed by atoms with Crippen LogP contribution in [-0.2, 0) is 4.74 Å². The number of aliphatic hydroxyl groups is 1. The minimum absolute atomic E-state index is 0.108. The molecule has 1 aromatic rings. The van der Waals surface area contributed by atoms with E-state index in [1.54, 1.807) is 4.90 Å². The van der Waals surface area contributed by atoms with Gasteiger partial charge in [0.05, 0.1) is 37.1 Å². The number of ether oxygens (including phenoxy) is 1. The Labute approximate surface area is 104 Å². The predicted octanol–water partition coefficient (Wildman–Crippen LogP) is 0.442. The molecule has 0 aliphatic carbocycles. The third-order valence-corrected chi connectivity index (χ3v) is 2.92. The van der Waals surface area contributed by atoms with E-state index in [0.717, 1.165) is 12.3 Å². The molecular formula is C12H15FN2O3. The van der Waals surface area contributed by atoms with Crippen molar-refractivity contribution in [2.45, 2.75) is 19.1 Å². The Hall–Kier alpha value is -1.53. The fourth-order valence-corrected chi connectivity index (χ4v) is 1.91. The number of aromatic nitrogens is 1. The van der Waals surface area contributed by atoms with Crippen molar-refractivity contribution in [1.82, 2.24) is 9.88 Å². The van der Waals surface area contributed by atoms with Crippen molar-refractivity contribution >= 4 is 5.91 Å². The summed E-state index contributed by atoms with van der Waals surface area (Å²) in [6, 6.07) is 1.05. The van der Waals surface area contributed by atoms with E-state index >= 15 is 0 Å². The van der Waals surface area contributed by atoms with E-state index < -0.39 is 5.82 Å². The Morgan fingerprint density at radius 2 is 2.44 bits per heavy atom. The molecule has 1 N–H and O–H groups in total. The van der Waals surface area contributed by atoms with Crippen LogP contribution in [0.1, 0.15) is 17.3 Å². The number of halogens is 1. The monoisotopic (exact) mass is 254 g/mol. The second kappa shape index (κ2) is 5.41. The highest BCUT2D eigenvalue weighted by molar-refractivity contribution is 5.94. The van der Waals surface area contributed by atoms with Gasteiger partial charge in [0.25, 0.3) is 5.91 Å². The van der Waals surface area contributed by atoms with Crippen molar-refractivity contribution in [2.75, 3.05) is 19.8 Å². The van der Waals surface area contributed by atoms with Crippen LogP contribution in [0.2, 0.25) is 0 Å². The van der Waals surface area contributed by atoms with Crippen LogP contribution in [0.3, 0.4) is 0 Å². The molecule has 2 unspecified atom stereocenters. The molecule has 1 aliphatic heterocycles. The lowest BCUT2D eigenvalue weighted by atomic mass is 10.1. The largest absolute Gasteiger partial charge is 0.394 e. The van der Waals surface area contributed by atoms with E-state index in [9.17, 15) is 9.18 Å². The van der Waals surface area contributed by atoms with Crippen LogP contribution in [0, 0.1) is 5.82 Å². The van der Waals surface area contributed by atoms with Crippen LogP contribution >= 0.6 is 0 Å². The average molecular weight is 254 g/mol. The normalized spacial score (nSPS) is 24.1. The Morgan fingerprint density at radius 1 is 1.67 bits per heavy atom.